The predicted molar refractivity (Wildman–Crippen MR) is 210 cm³/mol. The lowest BCUT2D eigenvalue weighted by Gasteiger charge is -2.12. The van der Waals surface area contributed by atoms with Crippen molar-refractivity contribution in [3.05, 3.63) is 176 Å². The zero-order chi connectivity index (χ0) is 33.5. The summed E-state index contributed by atoms with van der Waals surface area (Å²) in [7, 11) is 0. The van der Waals surface area contributed by atoms with Crippen LogP contribution in [0.1, 0.15) is 0 Å². The smallest absolute Gasteiger partial charge is 0.235 e. The second kappa shape index (κ2) is 10.8. The van der Waals surface area contributed by atoms with Gasteiger partial charge in [0.05, 0.1) is 38.8 Å². The molecule has 0 aliphatic rings. The fourth-order valence-electron chi connectivity index (χ4n) is 7.99. The SMILES string of the molecule is c1ccc(-n2ccc3cc4c(cc32)c2ccccc2n4-c2nc(-c3ccc4c(c3)c3ccccc3n4-c3ccccc3)c3ccccc3n2)cc1. The molecule has 51 heavy (non-hydrogen) atoms. The molecule has 0 spiro atoms. The van der Waals surface area contributed by atoms with Crippen LogP contribution in [-0.2, 0) is 0 Å². The maximum absolute atomic E-state index is 5.44. The van der Waals surface area contributed by atoms with Gasteiger partial charge in [-0.2, -0.15) is 0 Å². The fraction of sp³-hybridized carbons (Fsp3) is 0. The third-order valence-electron chi connectivity index (χ3n) is 10.3. The minimum atomic E-state index is 0.656. The maximum atomic E-state index is 5.44. The number of para-hydroxylation sites is 5. The highest BCUT2D eigenvalue weighted by atomic mass is 15.2. The highest BCUT2D eigenvalue weighted by Crippen LogP contribution is 2.39. The van der Waals surface area contributed by atoms with Gasteiger partial charge in [0.1, 0.15) is 0 Å². The molecule has 5 nitrogen and oxygen atoms in total. The topological polar surface area (TPSA) is 40.6 Å². The quantitative estimate of drug-likeness (QED) is 0.190. The van der Waals surface area contributed by atoms with E-state index in [0.717, 1.165) is 50.0 Å². The van der Waals surface area contributed by atoms with E-state index in [0.29, 0.717) is 5.95 Å². The Morgan fingerprint density at radius 2 is 0.980 bits per heavy atom. The van der Waals surface area contributed by atoms with Gasteiger partial charge in [0, 0.05) is 55.5 Å². The van der Waals surface area contributed by atoms with Gasteiger partial charge in [-0.3, -0.25) is 4.57 Å². The Balaban J connectivity index is 1.17. The van der Waals surface area contributed by atoms with Crippen molar-refractivity contribution in [1.82, 2.24) is 23.7 Å². The number of fused-ring (bicyclic) bond motifs is 8. The van der Waals surface area contributed by atoms with Gasteiger partial charge < -0.3 is 9.13 Å². The lowest BCUT2D eigenvalue weighted by atomic mass is 10.0. The molecule has 0 saturated carbocycles. The van der Waals surface area contributed by atoms with E-state index in [9.17, 15) is 0 Å². The highest BCUT2D eigenvalue weighted by molar-refractivity contribution is 6.14. The number of hydrogen-bond donors (Lipinski definition) is 0. The third kappa shape index (κ3) is 4.15. The molecule has 0 amide bonds. The van der Waals surface area contributed by atoms with Gasteiger partial charge in [-0.25, -0.2) is 9.97 Å². The normalized spacial score (nSPS) is 11.9. The summed E-state index contributed by atoms with van der Waals surface area (Å²) in [5.74, 6) is 0.656. The van der Waals surface area contributed by atoms with Crippen LogP contribution in [0.25, 0.3) is 94.0 Å². The minimum Gasteiger partial charge on any atom is -0.317 e. The predicted octanol–water partition coefficient (Wildman–Crippen LogP) is 11.4. The average Bonchev–Trinajstić information content (AvgIpc) is 3.87. The number of aromatic nitrogens is 5. The van der Waals surface area contributed by atoms with Gasteiger partial charge >= 0.3 is 0 Å². The monoisotopic (exact) mass is 651 g/mol. The minimum absolute atomic E-state index is 0.656. The van der Waals surface area contributed by atoms with Gasteiger partial charge in [0.2, 0.25) is 5.95 Å². The van der Waals surface area contributed by atoms with Crippen molar-refractivity contribution >= 4 is 65.4 Å². The number of rotatable bonds is 4. The van der Waals surface area contributed by atoms with Crippen LogP contribution in [0.4, 0.5) is 0 Å². The van der Waals surface area contributed by atoms with E-state index in [1.807, 2.05) is 0 Å². The van der Waals surface area contributed by atoms with Crippen molar-refractivity contribution in [2.45, 2.75) is 0 Å². The van der Waals surface area contributed by atoms with Crippen LogP contribution in [0.15, 0.2) is 176 Å². The van der Waals surface area contributed by atoms with Crippen molar-refractivity contribution in [2.75, 3.05) is 0 Å². The summed E-state index contributed by atoms with van der Waals surface area (Å²) >= 11 is 0. The number of nitrogens with zero attached hydrogens (tertiary/aromatic N) is 5. The zero-order valence-corrected chi connectivity index (χ0v) is 27.5. The summed E-state index contributed by atoms with van der Waals surface area (Å²) in [5.41, 5.74) is 10.8. The Morgan fingerprint density at radius 1 is 0.373 bits per heavy atom. The lowest BCUT2D eigenvalue weighted by Crippen LogP contribution is -2.03. The van der Waals surface area contributed by atoms with E-state index in [1.165, 1.54) is 38.1 Å². The van der Waals surface area contributed by atoms with Crippen molar-refractivity contribution in [2.24, 2.45) is 0 Å². The average molecular weight is 652 g/mol. The number of hydrogen-bond acceptors (Lipinski definition) is 2. The van der Waals surface area contributed by atoms with Crippen LogP contribution in [-0.4, -0.2) is 23.7 Å². The number of benzene rings is 7. The Morgan fingerprint density at radius 3 is 1.75 bits per heavy atom. The van der Waals surface area contributed by atoms with E-state index in [-0.39, 0.29) is 0 Å². The van der Waals surface area contributed by atoms with Crippen LogP contribution in [0, 0.1) is 0 Å². The van der Waals surface area contributed by atoms with Crippen molar-refractivity contribution in [3.63, 3.8) is 0 Å². The first-order valence-electron chi connectivity index (χ1n) is 17.3. The van der Waals surface area contributed by atoms with Crippen LogP contribution < -0.4 is 0 Å². The zero-order valence-electron chi connectivity index (χ0n) is 27.5. The molecule has 0 fully saturated rings. The van der Waals surface area contributed by atoms with E-state index in [2.05, 4.69) is 190 Å². The second-order valence-electron chi connectivity index (χ2n) is 13.1. The van der Waals surface area contributed by atoms with Crippen molar-refractivity contribution in [3.8, 4) is 28.6 Å². The lowest BCUT2D eigenvalue weighted by molar-refractivity contribution is 1.01. The molecule has 0 saturated heterocycles. The Labute approximate surface area is 292 Å². The van der Waals surface area contributed by atoms with Gasteiger partial charge in [-0.05, 0) is 72.8 Å². The Kier molecular flexibility index (Phi) is 5.89. The molecule has 7 aromatic carbocycles. The van der Waals surface area contributed by atoms with Crippen LogP contribution in [0.2, 0.25) is 0 Å². The summed E-state index contributed by atoms with van der Waals surface area (Å²) in [6.07, 6.45) is 2.15. The van der Waals surface area contributed by atoms with Crippen LogP contribution >= 0.6 is 0 Å². The first-order valence-corrected chi connectivity index (χ1v) is 17.3. The highest BCUT2D eigenvalue weighted by Gasteiger charge is 2.20. The molecule has 11 aromatic rings. The molecular weight excluding hydrogens is 623 g/mol. The molecule has 0 aliphatic carbocycles. The maximum Gasteiger partial charge on any atom is 0.235 e. The molecule has 0 atom stereocenters. The standard InChI is InChI=1S/C46H29N5/c1-3-13-32(14-4-1)49-26-25-30-28-44-38(29-43(30)49)35-18-9-12-22-41(35)51(44)46-47-39-20-10-7-19-36(39)45(48-46)31-23-24-42-37(27-31)34-17-8-11-21-40(34)50(42)33-15-5-2-6-16-33/h1-29H. The van der Waals surface area contributed by atoms with Gasteiger partial charge in [-0.15, -0.1) is 0 Å². The van der Waals surface area contributed by atoms with Crippen LogP contribution in [0.5, 0.6) is 0 Å². The first-order chi connectivity index (χ1) is 25.3. The molecule has 0 N–H and O–H groups in total. The van der Waals surface area contributed by atoms with E-state index in [1.54, 1.807) is 0 Å². The fourth-order valence-corrected chi connectivity index (χ4v) is 7.99. The molecule has 0 aliphatic heterocycles. The Hall–Kier alpha value is -6.98. The molecule has 0 bridgehead atoms. The van der Waals surface area contributed by atoms with E-state index in [4.69, 9.17) is 9.97 Å². The first kappa shape index (κ1) is 27.9. The molecule has 5 heteroatoms. The summed E-state index contributed by atoms with van der Waals surface area (Å²) in [6, 6.07) is 60.2. The Bertz CT molecular complexity index is 3130. The van der Waals surface area contributed by atoms with Gasteiger partial charge in [0.25, 0.3) is 0 Å². The molecule has 238 valence electrons. The van der Waals surface area contributed by atoms with Crippen molar-refractivity contribution in [1.29, 1.82) is 0 Å². The molecule has 4 heterocycles. The largest absolute Gasteiger partial charge is 0.317 e. The summed E-state index contributed by atoms with van der Waals surface area (Å²) < 4.78 is 6.85. The van der Waals surface area contributed by atoms with Gasteiger partial charge in [0.15, 0.2) is 0 Å². The summed E-state index contributed by atoms with van der Waals surface area (Å²) in [6.45, 7) is 0. The van der Waals surface area contributed by atoms with E-state index < -0.39 is 0 Å². The summed E-state index contributed by atoms with van der Waals surface area (Å²) in [4.78, 5) is 10.7. The third-order valence-corrected chi connectivity index (χ3v) is 10.3. The second-order valence-corrected chi connectivity index (χ2v) is 13.1. The molecule has 11 rings (SSSR count). The molecule has 4 aromatic heterocycles. The molecule has 0 radical (unpaired) electrons. The molecular formula is C46H29N5. The molecule has 0 unspecified atom stereocenters. The summed E-state index contributed by atoms with van der Waals surface area (Å²) in [5, 5.41) is 6.93. The van der Waals surface area contributed by atoms with E-state index >= 15 is 0 Å². The van der Waals surface area contributed by atoms with Crippen LogP contribution in [0.3, 0.4) is 0 Å². The van der Waals surface area contributed by atoms with Gasteiger partial charge in [-0.1, -0.05) is 97.1 Å². The van der Waals surface area contributed by atoms with Crippen molar-refractivity contribution < 1.29 is 0 Å².